The Morgan fingerprint density at radius 2 is 1.91 bits per heavy atom. The lowest BCUT2D eigenvalue weighted by atomic mass is 10.1. The fourth-order valence-corrected chi connectivity index (χ4v) is 2.29. The zero-order chi connectivity index (χ0) is 16.2. The van der Waals surface area contributed by atoms with Gasteiger partial charge in [0.25, 0.3) is 0 Å². The topological polar surface area (TPSA) is 47.9 Å². The maximum atomic E-state index is 12.0. The van der Waals surface area contributed by atoms with Gasteiger partial charge >= 0.3 is 5.97 Å². The third-order valence-corrected chi connectivity index (χ3v) is 3.47. The van der Waals surface area contributed by atoms with E-state index in [0.29, 0.717) is 22.9 Å². The minimum Gasteiger partial charge on any atom is -0.493 e. The first-order valence-corrected chi connectivity index (χ1v) is 7.55. The molecule has 0 atom stereocenters. The van der Waals surface area contributed by atoms with E-state index in [1.807, 2.05) is 31.2 Å². The first-order valence-electron chi connectivity index (χ1n) is 7.17. The normalized spacial score (nSPS) is 15.5. The Morgan fingerprint density at radius 1 is 1.17 bits per heavy atom. The van der Waals surface area contributed by atoms with Gasteiger partial charge in [-0.1, -0.05) is 29.8 Å². The number of hydrogen-bond acceptors (Lipinski definition) is 4. The van der Waals surface area contributed by atoms with Crippen LogP contribution in [0, 0.1) is 0 Å². The molecule has 0 aliphatic carbocycles. The monoisotopic (exact) mass is 327 g/mol. The molecule has 2 aromatic carbocycles. The van der Waals surface area contributed by atoms with E-state index in [0.717, 1.165) is 5.56 Å². The van der Waals surface area contributed by atoms with Gasteiger partial charge < -0.3 is 9.47 Å². The molecule has 1 aliphatic heterocycles. The van der Waals surface area contributed by atoms with Crippen LogP contribution >= 0.6 is 11.6 Å². The summed E-state index contributed by atoms with van der Waals surface area (Å²) in [6, 6.07) is 14.4. The van der Waals surface area contributed by atoms with Crippen LogP contribution in [0.25, 0.3) is 6.08 Å². The summed E-state index contributed by atoms with van der Waals surface area (Å²) in [6.45, 7) is 2.45. The van der Waals surface area contributed by atoms with Crippen molar-refractivity contribution < 1.29 is 14.3 Å². The molecular formula is C18H14ClNO3. The van der Waals surface area contributed by atoms with Gasteiger partial charge in [-0.05, 0) is 43.3 Å². The van der Waals surface area contributed by atoms with Crippen molar-refractivity contribution in [1.82, 2.24) is 0 Å². The summed E-state index contributed by atoms with van der Waals surface area (Å²) in [4.78, 5) is 16.3. The van der Waals surface area contributed by atoms with Crippen LogP contribution in [0.15, 0.2) is 59.2 Å². The van der Waals surface area contributed by atoms with Crippen molar-refractivity contribution in [2.75, 3.05) is 6.61 Å². The van der Waals surface area contributed by atoms with Crippen LogP contribution in [0.4, 0.5) is 0 Å². The SMILES string of the molecule is CCOc1ccccc1/C=C1/N=C(c2ccc(Cl)cc2)OC1=O. The van der Waals surface area contributed by atoms with E-state index in [2.05, 4.69) is 4.99 Å². The van der Waals surface area contributed by atoms with Crippen LogP contribution in [0.1, 0.15) is 18.1 Å². The number of cyclic esters (lactones) is 1. The van der Waals surface area contributed by atoms with Gasteiger partial charge in [0.15, 0.2) is 5.70 Å². The quantitative estimate of drug-likeness (QED) is 0.628. The highest BCUT2D eigenvalue weighted by Crippen LogP contribution is 2.25. The third-order valence-electron chi connectivity index (χ3n) is 3.22. The lowest BCUT2D eigenvalue weighted by molar-refractivity contribution is -0.129. The van der Waals surface area contributed by atoms with Crippen molar-refractivity contribution >= 4 is 29.5 Å². The smallest absolute Gasteiger partial charge is 0.363 e. The molecule has 0 N–H and O–H groups in total. The maximum absolute atomic E-state index is 12.0. The summed E-state index contributed by atoms with van der Waals surface area (Å²) >= 11 is 5.86. The van der Waals surface area contributed by atoms with Gasteiger partial charge in [-0.25, -0.2) is 9.79 Å². The Balaban J connectivity index is 1.94. The van der Waals surface area contributed by atoms with Crippen LogP contribution in [0.2, 0.25) is 5.02 Å². The summed E-state index contributed by atoms with van der Waals surface area (Å²) in [6.07, 6.45) is 1.66. The molecule has 0 saturated heterocycles. The highest BCUT2D eigenvalue weighted by molar-refractivity contribution is 6.30. The number of nitrogens with zero attached hydrogens (tertiary/aromatic N) is 1. The average Bonchev–Trinajstić information content (AvgIpc) is 2.91. The molecule has 0 bridgehead atoms. The molecule has 0 spiro atoms. The molecule has 2 aromatic rings. The van der Waals surface area contributed by atoms with E-state index in [4.69, 9.17) is 21.1 Å². The first kappa shape index (κ1) is 15.3. The molecule has 0 aromatic heterocycles. The van der Waals surface area contributed by atoms with Crippen molar-refractivity contribution in [2.24, 2.45) is 4.99 Å². The Labute approximate surface area is 139 Å². The summed E-state index contributed by atoms with van der Waals surface area (Å²) in [5.74, 6) is 0.485. The first-order chi connectivity index (χ1) is 11.2. The van der Waals surface area contributed by atoms with Crippen molar-refractivity contribution in [3.05, 3.63) is 70.4 Å². The molecule has 3 rings (SSSR count). The highest BCUT2D eigenvalue weighted by atomic mass is 35.5. The van der Waals surface area contributed by atoms with Crippen LogP contribution in [0.3, 0.4) is 0 Å². The minimum absolute atomic E-state index is 0.238. The Morgan fingerprint density at radius 3 is 2.65 bits per heavy atom. The molecule has 0 radical (unpaired) electrons. The number of rotatable bonds is 4. The molecule has 5 heteroatoms. The van der Waals surface area contributed by atoms with Crippen LogP contribution < -0.4 is 4.74 Å². The predicted molar refractivity (Wildman–Crippen MR) is 89.7 cm³/mol. The molecule has 0 unspecified atom stereocenters. The summed E-state index contributed by atoms with van der Waals surface area (Å²) < 4.78 is 10.8. The number of carbonyl (C=O) groups excluding carboxylic acids is 1. The van der Waals surface area contributed by atoms with Gasteiger partial charge in [0, 0.05) is 16.1 Å². The van der Waals surface area contributed by atoms with Crippen LogP contribution in [-0.2, 0) is 9.53 Å². The number of aliphatic imine (C=N–C) groups is 1. The van der Waals surface area contributed by atoms with E-state index in [1.54, 1.807) is 30.3 Å². The fraction of sp³-hybridized carbons (Fsp3) is 0.111. The van der Waals surface area contributed by atoms with E-state index in [1.165, 1.54) is 0 Å². The molecular weight excluding hydrogens is 314 g/mol. The average molecular weight is 328 g/mol. The van der Waals surface area contributed by atoms with Gasteiger partial charge in [0.1, 0.15) is 5.75 Å². The summed E-state index contributed by atoms with van der Waals surface area (Å²) in [5, 5.41) is 0.611. The number of hydrogen-bond donors (Lipinski definition) is 0. The predicted octanol–water partition coefficient (Wildman–Crippen LogP) is 4.08. The van der Waals surface area contributed by atoms with E-state index < -0.39 is 5.97 Å². The van der Waals surface area contributed by atoms with Crippen molar-refractivity contribution in [3.63, 3.8) is 0 Å². The number of esters is 1. The summed E-state index contributed by atoms with van der Waals surface area (Å²) in [7, 11) is 0. The molecule has 116 valence electrons. The van der Waals surface area contributed by atoms with Crippen molar-refractivity contribution in [3.8, 4) is 5.75 Å². The Hall–Kier alpha value is -2.59. The van der Waals surface area contributed by atoms with Gasteiger partial charge in [-0.3, -0.25) is 0 Å². The Kier molecular flexibility index (Phi) is 4.44. The van der Waals surface area contributed by atoms with Gasteiger partial charge in [0.2, 0.25) is 5.90 Å². The number of ether oxygens (including phenoxy) is 2. The fourth-order valence-electron chi connectivity index (χ4n) is 2.16. The highest BCUT2D eigenvalue weighted by Gasteiger charge is 2.24. The van der Waals surface area contributed by atoms with E-state index in [-0.39, 0.29) is 11.6 Å². The molecule has 4 nitrogen and oxygen atoms in total. The second kappa shape index (κ2) is 6.67. The zero-order valence-corrected chi connectivity index (χ0v) is 13.2. The minimum atomic E-state index is -0.485. The number of halogens is 1. The third kappa shape index (κ3) is 3.43. The van der Waals surface area contributed by atoms with E-state index >= 15 is 0 Å². The largest absolute Gasteiger partial charge is 0.493 e. The standard InChI is InChI=1S/C18H14ClNO3/c1-2-22-16-6-4-3-5-13(16)11-15-18(21)23-17(20-15)12-7-9-14(19)10-8-12/h3-11H,2H2,1H3/b15-11+. The summed E-state index contributed by atoms with van der Waals surface area (Å²) in [5.41, 5.74) is 1.72. The second-order valence-corrected chi connectivity index (χ2v) is 5.25. The molecule has 0 fully saturated rings. The second-order valence-electron chi connectivity index (χ2n) is 4.81. The Bertz CT molecular complexity index is 794. The molecule has 0 amide bonds. The van der Waals surface area contributed by atoms with Crippen LogP contribution in [0.5, 0.6) is 5.75 Å². The number of para-hydroxylation sites is 1. The lowest BCUT2D eigenvalue weighted by Crippen LogP contribution is -2.05. The van der Waals surface area contributed by atoms with Crippen LogP contribution in [-0.4, -0.2) is 18.5 Å². The van der Waals surface area contributed by atoms with Gasteiger partial charge in [-0.15, -0.1) is 0 Å². The maximum Gasteiger partial charge on any atom is 0.363 e. The molecule has 1 aliphatic rings. The van der Waals surface area contributed by atoms with Crippen molar-refractivity contribution in [1.29, 1.82) is 0 Å². The lowest BCUT2D eigenvalue weighted by Gasteiger charge is -2.06. The van der Waals surface area contributed by atoms with Gasteiger partial charge in [0.05, 0.1) is 6.61 Å². The molecule has 0 saturated carbocycles. The number of carbonyl (C=O) groups is 1. The van der Waals surface area contributed by atoms with E-state index in [9.17, 15) is 4.79 Å². The zero-order valence-electron chi connectivity index (χ0n) is 12.5. The molecule has 23 heavy (non-hydrogen) atoms. The van der Waals surface area contributed by atoms with Gasteiger partial charge in [-0.2, -0.15) is 0 Å². The number of benzene rings is 2. The molecule has 1 heterocycles. The van der Waals surface area contributed by atoms with Crippen molar-refractivity contribution in [2.45, 2.75) is 6.92 Å².